The number of esters is 1. The first-order valence-corrected chi connectivity index (χ1v) is 10.1. The Morgan fingerprint density at radius 1 is 1.13 bits per heavy atom. The number of rotatable bonds is 3. The molecule has 2 aliphatic heterocycles. The molecule has 0 aromatic heterocycles. The van der Waals surface area contributed by atoms with Gasteiger partial charge in [-0.1, -0.05) is 55.5 Å². The van der Waals surface area contributed by atoms with Gasteiger partial charge in [-0.3, -0.25) is 4.79 Å². The van der Waals surface area contributed by atoms with Gasteiger partial charge in [0.15, 0.2) is 5.57 Å². The molecule has 152 valence electrons. The Hall–Kier alpha value is -3.39. The minimum absolute atomic E-state index is 0.137. The lowest BCUT2D eigenvalue weighted by Gasteiger charge is -2.49. The number of hydrogen-bond acceptors (Lipinski definition) is 4. The summed E-state index contributed by atoms with van der Waals surface area (Å²) in [5, 5.41) is 9.70. The topological polar surface area (TPSA) is 70.4 Å². The van der Waals surface area contributed by atoms with Crippen molar-refractivity contribution < 1.29 is 14.3 Å². The predicted octanol–water partition coefficient (Wildman–Crippen LogP) is 4.36. The maximum atomic E-state index is 13.6. The molecule has 2 aliphatic rings. The third-order valence-corrected chi connectivity index (χ3v) is 6.18. The van der Waals surface area contributed by atoms with Crippen LogP contribution in [0.15, 0.2) is 54.1 Å². The van der Waals surface area contributed by atoms with Gasteiger partial charge in [-0.05, 0) is 38.3 Å². The molecule has 0 radical (unpaired) electrons. The zero-order valence-electron chi connectivity index (χ0n) is 17.7. The fourth-order valence-corrected chi connectivity index (χ4v) is 5.09. The van der Waals surface area contributed by atoms with Gasteiger partial charge in [0.05, 0.1) is 17.9 Å². The van der Waals surface area contributed by atoms with Gasteiger partial charge in [-0.15, -0.1) is 0 Å². The molecule has 2 heterocycles. The van der Waals surface area contributed by atoms with Crippen LogP contribution in [0, 0.1) is 11.3 Å². The van der Waals surface area contributed by atoms with E-state index in [9.17, 15) is 14.9 Å². The van der Waals surface area contributed by atoms with Crippen molar-refractivity contribution in [1.82, 2.24) is 0 Å². The van der Waals surface area contributed by atoms with Gasteiger partial charge < -0.3 is 9.64 Å². The smallest absolute Gasteiger partial charge is 0.349 e. The summed E-state index contributed by atoms with van der Waals surface area (Å²) >= 11 is 0. The third kappa shape index (κ3) is 2.68. The van der Waals surface area contributed by atoms with Crippen LogP contribution in [0.4, 0.5) is 5.69 Å². The van der Waals surface area contributed by atoms with E-state index in [1.54, 1.807) is 11.8 Å². The summed E-state index contributed by atoms with van der Waals surface area (Å²) in [5.41, 5.74) is 2.67. The summed E-state index contributed by atoms with van der Waals surface area (Å²) in [6, 6.07) is 17.9. The number of ether oxygens (including phenoxy) is 1. The van der Waals surface area contributed by atoms with Gasteiger partial charge in [-0.25, -0.2) is 4.79 Å². The second kappa shape index (κ2) is 6.84. The molecule has 30 heavy (non-hydrogen) atoms. The van der Waals surface area contributed by atoms with Gasteiger partial charge >= 0.3 is 5.97 Å². The lowest BCUT2D eigenvalue weighted by Crippen LogP contribution is -2.54. The van der Waals surface area contributed by atoms with Crippen LogP contribution in [0.5, 0.6) is 0 Å². The number of carbonyl (C=O) groups excluding carboxylic acids is 2. The van der Waals surface area contributed by atoms with E-state index in [1.807, 2.05) is 56.3 Å². The second-order valence-electron chi connectivity index (χ2n) is 8.61. The summed E-state index contributed by atoms with van der Waals surface area (Å²) in [7, 11) is 0. The molecule has 1 atom stereocenters. The van der Waals surface area contributed by atoms with Crippen molar-refractivity contribution >= 4 is 23.1 Å². The Kier molecular flexibility index (Phi) is 4.54. The first-order chi connectivity index (χ1) is 14.3. The summed E-state index contributed by atoms with van der Waals surface area (Å²) < 4.78 is 5.06. The first kappa shape index (κ1) is 19.9. The van der Waals surface area contributed by atoms with E-state index < -0.39 is 11.5 Å². The summed E-state index contributed by atoms with van der Waals surface area (Å²) in [4.78, 5) is 27.8. The van der Waals surface area contributed by atoms with Crippen molar-refractivity contribution in [2.75, 3.05) is 11.5 Å². The number of benzene rings is 2. The van der Waals surface area contributed by atoms with E-state index in [2.05, 4.69) is 19.1 Å². The zero-order valence-corrected chi connectivity index (χ0v) is 17.7. The second-order valence-corrected chi connectivity index (χ2v) is 8.61. The zero-order chi connectivity index (χ0) is 21.7. The molecule has 5 nitrogen and oxygen atoms in total. The minimum atomic E-state index is -0.760. The van der Waals surface area contributed by atoms with Crippen molar-refractivity contribution in [3.8, 4) is 6.07 Å². The van der Waals surface area contributed by atoms with E-state index >= 15 is 0 Å². The van der Waals surface area contributed by atoms with Gasteiger partial charge in [0.2, 0.25) is 0 Å². The highest BCUT2D eigenvalue weighted by Crippen LogP contribution is 2.56. The van der Waals surface area contributed by atoms with Crippen LogP contribution in [-0.4, -0.2) is 24.0 Å². The molecular weight excluding hydrogens is 376 g/mol. The molecule has 0 bridgehead atoms. The fourth-order valence-electron chi connectivity index (χ4n) is 5.09. The molecule has 0 saturated heterocycles. The Morgan fingerprint density at radius 2 is 1.83 bits per heavy atom. The summed E-state index contributed by atoms with van der Waals surface area (Å²) in [5.74, 6) is -1.08. The van der Waals surface area contributed by atoms with E-state index in [0.717, 1.165) is 11.3 Å². The normalized spacial score (nSPS) is 22.9. The molecule has 5 heteroatoms. The molecule has 0 aliphatic carbocycles. The molecule has 0 N–H and O–H groups in total. The molecule has 1 amide bonds. The van der Waals surface area contributed by atoms with Crippen molar-refractivity contribution in [1.29, 1.82) is 5.26 Å². The maximum Gasteiger partial charge on any atom is 0.349 e. The quantitative estimate of drug-likeness (QED) is 0.436. The van der Waals surface area contributed by atoms with Crippen LogP contribution in [-0.2, 0) is 19.7 Å². The van der Waals surface area contributed by atoms with Crippen LogP contribution in [0.25, 0.3) is 5.57 Å². The van der Waals surface area contributed by atoms with Crippen LogP contribution >= 0.6 is 0 Å². The number of nitriles is 1. The summed E-state index contributed by atoms with van der Waals surface area (Å²) in [6.07, 6.45) is 0.709. The Balaban J connectivity index is 2.04. The Bertz CT molecular complexity index is 1120. The number of hydrogen-bond donors (Lipinski definition) is 0. The van der Waals surface area contributed by atoms with Crippen LogP contribution < -0.4 is 4.90 Å². The van der Waals surface area contributed by atoms with E-state index in [1.165, 1.54) is 5.56 Å². The van der Waals surface area contributed by atoms with Gasteiger partial charge in [-0.2, -0.15) is 5.26 Å². The van der Waals surface area contributed by atoms with Crippen molar-refractivity contribution in [2.45, 2.75) is 45.1 Å². The Labute approximate surface area is 176 Å². The highest BCUT2D eigenvalue weighted by Gasteiger charge is 2.53. The average Bonchev–Trinajstić information content (AvgIpc) is 3.01. The number of anilines is 1. The highest BCUT2D eigenvalue weighted by molar-refractivity contribution is 6.37. The van der Waals surface area contributed by atoms with E-state index in [-0.39, 0.29) is 29.1 Å². The molecule has 4 rings (SSSR count). The molecule has 0 fully saturated rings. The van der Waals surface area contributed by atoms with E-state index in [0.29, 0.717) is 12.0 Å². The number of amides is 1. The van der Waals surface area contributed by atoms with Gasteiger partial charge in [0.1, 0.15) is 6.07 Å². The summed E-state index contributed by atoms with van der Waals surface area (Å²) in [6.45, 7) is 8.07. The van der Waals surface area contributed by atoms with E-state index in [4.69, 9.17) is 4.74 Å². The largest absolute Gasteiger partial charge is 0.462 e. The third-order valence-electron chi connectivity index (χ3n) is 6.18. The number of para-hydroxylation sites is 1. The van der Waals surface area contributed by atoms with Gasteiger partial charge in [0, 0.05) is 16.5 Å². The van der Waals surface area contributed by atoms with Crippen molar-refractivity contribution in [2.24, 2.45) is 0 Å². The number of carbonyl (C=O) groups is 2. The highest BCUT2D eigenvalue weighted by atomic mass is 16.5. The molecule has 2 aromatic carbocycles. The minimum Gasteiger partial charge on any atom is -0.462 e. The monoisotopic (exact) mass is 400 g/mol. The van der Waals surface area contributed by atoms with Crippen LogP contribution in [0.2, 0.25) is 0 Å². The average molecular weight is 400 g/mol. The van der Waals surface area contributed by atoms with Gasteiger partial charge in [0.25, 0.3) is 5.91 Å². The molecule has 2 aromatic rings. The lowest BCUT2D eigenvalue weighted by atomic mass is 9.65. The van der Waals surface area contributed by atoms with Crippen LogP contribution in [0.3, 0.4) is 0 Å². The predicted molar refractivity (Wildman–Crippen MR) is 115 cm³/mol. The molecule has 1 unspecified atom stereocenters. The SMILES string of the molecule is CCOC(=O)/C(C#N)=C1/C(=O)N2c3c1cccc3C(C)(c1ccccc1)CC2(C)C. The van der Waals surface area contributed by atoms with Crippen molar-refractivity contribution in [3.05, 3.63) is 70.8 Å². The maximum absolute atomic E-state index is 13.6. The standard InChI is InChI=1S/C25H24N2O3/c1-5-30-23(29)18(14-26)20-17-12-9-13-19-21(17)27(22(20)28)24(2,3)15-25(19,4)16-10-7-6-8-11-16/h6-13H,5,15H2,1-4H3/b20-18+. The fraction of sp³-hybridized carbons (Fsp3) is 0.320. The van der Waals surface area contributed by atoms with Crippen molar-refractivity contribution in [3.63, 3.8) is 0 Å². The molecule has 0 spiro atoms. The molecule has 0 saturated carbocycles. The lowest BCUT2D eigenvalue weighted by molar-refractivity contribution is -0.138. The first-order valence-electron chi connectivity index (χ1n) is 10.1. The Morgan fingerprint density at radius 3 is 2.47 bits per heavy atom. The van der Waals surface area contributed by atoms with Crippen LogP contribution in [0.1, 0.15) is 50.8 Å². The number of nitrogens with zero attached hydrogens (tertiary/aromatic N) is 2. The molecular formula is C25H24N2O3.